The van der Waals surface area contributed by atoms with Crippen molar-refractivity contribution in [3.05, 3.63) is 52.6 Å². The number of nitrogens with zero attached hydrogens (tertiary/aromatic N) is 3. The van der Waals surface area contributed by atoms with E-state index in [9.17, 15) is 14.5 Å². The van der Waals surface area contributed by atoms with Crippen LogP contribution in [-0.2, 0) is 6.54 Å². The summed E-state index contributed by atoms with van der Waals surface area (Å²) in [6, 6.07) is 5.11. The molecule has 0 atom stereocenters. The fourth-order valence-electron chi connectivity index (χ4n) is 1.55. The second-order valence-corrected chi connectivity index (χ2v) is 3.61. The molecule has 0 amide bonds. The molecule has 1 aromatic carbocycles. The van der Waals surface area contributed by atoms with Crippen molar-refractivity contribution in [1.82, 2.24) is 9.78 Å². The molecule has 18 heavy (non-hydrogen) atoms. The normalized spacial score (nSPS) is 10.3. The Balaban J connectivity index is 2.03. The van der Waals surface area contributed by atoms with Crippen LogP contribution in [0.25, 0.3) is 0 Å². The predicted octanol–water partition coefficient (Wildman–Crippen LogP) is 2.04. The van der Waals surface area contributed by atoms with Gasteiger partial charge in [0.25, 0.3) is 5.69 Å². The number of nitrogens with one attached hydrogen (secondary N) is 1. The highest BCUT2D eigenvalue weighted by Gasteiger charge is 2.13. The quantitative estimate of drug-likeness (QED) is 0.651. The third-order valence-corrected chi connectivity index (χ3v) is 2.37. The predicted molar refractivity (Wildman–Crippen MR) is 63.8 cm³/mol. The highest BCUT2D eigenvalue weighted by Crippen LogP contribution is 2.24. The Hall–Kier alpha value is -2.44. The summed E-state index contributed by atoms with van der Waals surface area (Å²) in [6.45, 7) is 0.965. The van der Waals surface area contributed by atoms with Crippen molar-refractivity contribution in [3.8, 4) is 0 Å². The zero-order chi connectivity index (χ0) is 13.0. The maximum absolute atomic E-state index is 13.0. The van der Waals surface area contributed by atoms with E-state index in [1.54, 1.807) is 23.1 Å². The first-order valence-electron chi connectivity index (χ1n) is 5.32. The first kappa shape index (κ1) is 12.0. The number of nitro benzene ring substituents is 1. The van der Waals surface area contributed by atoms with E-state index < -0.39 is 10.7 Å². The van der Waals surface area contributed by atoms with E-state index in [0.717, 1.165) is 18.2 Å². The first-order chi connectivity index (χ1) is 8.66. The van der Waals surface area contributed by atoms with E-state index in [0.29, 0.717) is 13.1 Å². The molecule has 0 radical (unpaired) electrons. The van der Waals surface area contributed by atoms with Gasteiger partial charge in [-0.1, -0.05) is 0 Å². The molecule has 0 spiro atoms. The van der Waals surface area contributed by atoms with Crippen LogP contribution < -0.4 is 5.32 Å². The zero-order valence-electron chi connectivity index (χ0n) is 9.41. The Bertz CT molecular complexity index is 542. The molecule has 0 aliphatic carbocycles. The van der Waals surface area contributed by atoms with Gasteiger partial charge >= 0.3 is 0 Å². The molecule has 7 heteroatoms. The van der Waals surface area contributed by atoms with Crippen molar-refractivity contribution < 1.29 is 9.31 Å². The van der Waals surface area contributed by atoms with Gasteiger partial charge < -0.3 is 5.32 Å². The number of halogens is 1. The summed E-state index contributed by atoms with van der Waals surface area (Å²) in [5.74, 6) is -0.512. The van der Waals surface area contributed by atoms with Crippen molar-refractivity contribution in [2.75, 3.05) is 11.9 Å². The van der Waals surface area contributed by atoms with Crippen LogP contribution in [-0.4, -0.2) is 21.2 Å². The summed E-state index contributed by atoms with van der Waals surface area (Å²) in [5, 5.41) is 17.6. The summed E-state index contributed by atoms with van der Waals surface area (Å²) in [4.78, 5) is 10.2. The maximum Gasteiger partial charge on any atom is 0.292 e. The molecule has 0 unspecified atom stereocenters. The molecule has 94 valence electrons. The fraction of sp³-hybridized carbons (Fsp3) is 0.182. The lowest BCUT2D eigenvalue weighted by molar-refractivity contribution is -0.384. The first-order valence-corrected chi connectivity index (χ1v) is 5.32. The van der Waals surface area contributed by atoms with Gasteiger partial charge in [0.05, 0.1) is 11.5 Å². The van der Waals surface area contributed by atoms with Crippen molar-refractivity contribution in [2.24, 2.45) is 0 Å². The van der Waals surface area contributed by atoms with E-state index in [2.05, 4.69) is 10.4 Å². The molecule has 1 aromatic heterocycles. The fourth-order valence-corrected chi connectivity index (χ4v) is 1.55. The van der Waals surface area contributed by atoms with E-state index >= 15 is 0 Å². The van der Waals surface area contributed by atoms with Gasteiger partial charge in [-0.05, 0) is 12.1 Å². The Morgan fingerprint density at radius 1 is 1.50 bits per heavy atom. The van der Waals surface area contributed by atoms with Gasteiger partial charge in [-0.15, -0.1) is 0 Å². The second-order valence-electron chi connectivity index (χ2n) is 3.61. The molecule has 2 aromatic rings. The van der Waals surface area contributed by atoms with E-state index in [1.165, 1.54) is 0 Å². The number of hydrogen-bond donors (Lipinski definition) is 1. The average molecular weight is 250 g/mol. The molecular formula is C11H11FN4O2. The summed E-state index contributed by atoms with van der Waals surface area (Å²) >= 11 is 0. The van der Waals surface area contributed by atoms with E-state index in [1.807, 2.05) is 0 Å². The largest absolute Gasteiger partial charge is 0.378 e. The van der Waals surface area contributed by atoms with Crippen molar-refractivity contribution in [1.29, 1.82) is 0 Å². The average Bonchev–Trinajstić information content (AvgIpc) is 2.82. The lowest BCUT2D eigenvalue weighted by atomic mass is 10.2. The molecule has 1 heterocycles. The van der Waals surface area contributed by atoms with Crippen LogP contribution in [0.3, 0.4) is 0 Å². The summed E-state index contributed by atoms with van der Waals surface area (Å²) in [5.41, 5.74) is 0.0315. The topological polar surface area (TPSA) is 73.0 Å². The summed E-state index contributed by atoms with van der Waals surface area (Å²) in [6.07, 6.45) is 3.42. The van der Waals surface area contributed by atoms with Crippen molar-refractivity contribution >= 4 is 11.4 Å². The van der Waals surface area contributed by atoms with Gasteiger partial charge in [0, 0.05) is 31.1 Å². The van der Waals surface area contributed by atoms with Crippen LogP contribution in [0.15, 0.2) is 36.7 Å². The maximum atomic E-state index is 13.0. The number of rotatable bonds is 5. The van der Waals surface area contributed by atoms with Gasteiger partial charge in [-0.25, -0.2) is 4.39 Å². The molecular weight excluding hydrogens is 239 g/mol. The summed E-state index contributed by atoms with van der Waals surface area (Å²) in [7, 11) is 0. The van der Waals surface area contributed by atoms with E-state index in [4.69, 9.17) is 0 Å². The number of hydrogen-bond acceptors (Lipinski definition) is 4. The van der Waals surface area contributed by atoms with Crippen LogP contribution in [0.5, 0.6) is 0 Å². The highest BCUT2D eigenvalue weighted by molar-refractivity contribution is 5.61. The van der Waals surface area contributed by atoms with Crippen LogP contribution in [0.2, 0.25) is 0 Å². The highest BCUT2D eigenvalue weighted by atomic mass is 19.1. The van der Waals surface area contributed by atoms with Crippen LogP contribution >= 0.6 is 0 Å². The third-order valence-electron chi connectivity index (χ3n) is 2.37. The molecule has 0 saturated carbocycles. The molecule has 0 bridgehead atoms. The Labute approximate surface area is 102 Å². The molecule has 6 nitrogen and oxygen atoms in total. The number of aromatic nitrogens is 2. The Morgan fingerprint density at radius 2 is 2.33 bits per heavy atom. The minimum absolute atomic E-state index is 0.142. The number of anilines is 1. The number of nitro groups is 1. The Kier molecular flexibility index (Phi) is 3.52. The van der Waals surface area contributed by atoms with Gasteiger partial charge in [0.15, 0.2) is 0 Å². The molecule has 0 fully saturated rings. The lowest BCUT2D eigenvalue weighted by Gasteiger charge is -2.07. The standard InChI is InChI=1S/C11H11FN4O2/c12-9-2-3-11(16(17)18)10(8-9)13-5-7-15-6-1-4-14-15/h1-4,6,8,13H,5,7H2. The lowest BCUT2D eigenvalue weighted by Crippen LogP contribution is -2.11. The summed E-state index contributed by atoms with van der Waals surface area (Å²) < 4.78 is 14.7. The van der Waals surface area contributed by atoms with Gasteiger partial charge in [-0.2, -0.15) is 5.10 Å². The zero-order valence-corrected chi connectivity index (χ0v) is 9.41. The molecule has 2 rings (SSSR count). The van der Waals surface area contributed by atoms with Gasteiger partial charge in [-0.3, -0.25) is 14.8 Å². The number of benzene rings is 1. The van der Waals surface area contributed by atoms with Crippen LogP contribution in [0.4, 0.5) is 15.8 Å². The van der Waals surface area contributed by atoms with Gasteiger partial charge in [0.1, 0.15) is 11.5 Å². The SMILES string of the molecule is O=[N+]([O-])c1ccc(F)cc1NCCn1cccn1. The van der Waals surface area contributed by atoms with Crippen molar-refractivity contribution in [2.45, 2.75) is 6.54 Å². The molecule has 0 aliphatic rings. The smallest absolute Gasteiger partial charge is 0.292 e. The molecule has 1 N–H and O–H groups in total. The van der Waals surface area contributed by atoms with Crippen LogP contribution in [0, 0.1) is 15.9 Å². The minimum atomic E-state index is -0.546. The molecule has 0 aliphatic heterocycles. The third kappa shape index (κ3) is 2.82. The molecule has 0 saturated heterocycles. The Morgan fingerprint density at radius 3 is 3.00 bits per heavy atom. The monoisotopic (exact) mass is 250 g/mol. The van der Waals surface area contributed by atoms with Gasteiger partial charge in [0.2, 0.25) is 0 Å². The second kappa shape index (κ2) is 5.26. The minimum Gasteiger partial charge on any atom is -0.378 e. The van der Waals surface area contributed by atoms with E-state index in [-0.39, 0.29) is 11.4 Å². The van der Waals surface area contributed by atoms with Crippen LogP contribution in [0.1, 0.15) is 0 Å². The van der Waals surface area contributed by atoms with Crippen molar-refractivity contribution in [3.63, 3.8) is 0 Å².